The molecule has 1 fully saturated rings. The van der Waals surface area contributed by atoms with Gasteiger partial charge in [-0.15, -0.1) is 0 Å². The molecule has 1 aliphatic heterocycles. The van der Waals surface area contributed by atoms with Crippen LogP contribution in [-0.2, 0) is 11.3 Å². The summed E-state index contributed by atoms with van der Waals surface area (Å²) in [6.45, 7) is 1.05. The lowest BCUT2D eigenvalue weighted by atomic mass is 10.0. The van der Waals surface area contributed by atoms with E-state index in [4.69, 9.17) is 19.3 Å². The second-order valence-electron chi connectivity index (χ2n) is 8.36. The van der Waals surface area contributed by atoms with Gasteiger partial charge in [0.1, 0.15) is 12.4 Å². The summed E-state index contributed by atoms with van der Waals surface area (Å²) in [5.74, 6) is 1.48. The van der Waals surface area contributed by atoms with E-state index >= 15 is 0 Å². The first-order valence-corrected chi connectivity index (χ1v) is 11.4. The highest BCUT2D eigenvalue weighted by Crippen LogP contribution is 2.28. The number of methoxy groups -OCH3 is 2. The summed E-state index contributed by atoms with van der Waals surface area (Å²) in [4.78, 5) is 40.1. The third-order valence-corrected chi connectivity index (χ3v) is 6.30. The molecule has 4 rings (SSSR count). The molecule has 1 aromatic heterocycles. The van der Waals surface area contributed by atoms with Gasteiger partial charge in [-0.25, -0.2) is 4.79 Å². The second kappa shape index (κ2) is 10.6. The molecule has 0 radical (unpaired) electrons. The normalized spacial score (nSPS) is 14.2. The number of piperidine rings is 1. The zero-order valence-electron chi connectivity index (χ0n) is 19.8. The standard InChI is InChI=1S/C25H29N3O7/c1-33-22-6-3-17(13-23(22)34-2)15-27-24(31)20-14-19(35-12-11-29)4-5-21(20)28(25(27)32)18-7-9-26(16-30)10-8-18/h3-6,13-14,16,18,29H,7-12,15H2,1-2H3. The number of ether oxygens (including phenoxy) is 3. The predicted molar refractivity (Wildman–Crippen MR) is 130 cm³/mol. The number of aliphatic hydroxyl groups excluding tert-OH is 1. The molecule has 1 N–H and O–H groups in total. The van der Waals surface area contributed by atoms with Crippen molar-refractivity contribution in [3.8, 4) is 17.2 Å². The third-order valence-electron chi connectivity index (χ3n) is 6.30. The van der Waals surface area contributed by atoms with Crippen LogP contribution in [0.4, 0.5) is 0 Å². The predicted octanol–water partition coefficient (Wildman–Crippen LogP) is 1.39. The van der Waals surface area contributed by atoms with Crippen LogP contribution in [0.5, 0.6) is 17.2 Å². The van der Waals surface area contributed by atoms with Crippen LogP contribution >= 0.6 is 0 Å². The summed E-state index contributed by atoms with van der Waals surface area (Å²) in [7, 11) is 3.06. The Balaban J connectivity index is 1.85. The van der Waals surface area contributed by atoms with Crippen LogP contribution in [0.1, 0.15) is 24.4 Å². The minimum absolute atomic E-state index is 0.0445. The lowest BCUT2D eigenvalue weighted by Gasteiger charge is -2.31. The van der Waals surface area contributed by atoms with Crippen molar-refractivity contribution >= 4 is 17.3 Å². The number of aliphatic hydroxyl groups is 1. The molecule has 0 bridgehead atoms. The highest BCUT2D eigenvalue weighted by Gasteiger charge is 2.25. The number of carbonyl (C=O) groups excluding carboxylic acids is 1. The average Bonchev–Trinajstić information content (AvgIpc) is 2.90. The van der Waals surface area contributed by atoms with E-state index in [9.17, 15) is 14.4 Å². The van der Waals surface area contributed by atoms with E-state index in [0.717, 1.165) is 6.41 Å². The van der Waals surface area contributed by atoms with E-state index < -0.39 is 11.2 Å². The Morgan fingerprint density at radius 1 is 1.03 bits per heavy atom. The number of benzene rings is 2. The number of likely N-dealkylation sites (tertiary alicyclic amines) is 1. The zero-order chi connectivity index (χ0) is 24.9. The Morgan fingerprint density at radius 2 is 1.77 bits per heavy atom. The molecular formula is C25H29N3O7. The maximum absolute atomic E-state index is 13.7. The van der Waals surface area contributed by atoms with Crippen molar-refractivity contribution < 1.29 is 24.1 Å². The van der Waals surface area contributed by atoms with Gasteiger partial charge in [0.15, 0.2) is 11.5 Å². The summed E-state index contributed by atoms with van der Waals surface area (Å²) in [6, 6.07) is 10.1. The molecule has 0 spiro atoms. The molecule has 10 nitrogen and oxygen atoms in total. The van der Waals surface area contributed by atoms with Crippen LogP contribution in [0, 0.1) is 0 Å². The molecule has 10 heteroatoms. The van der Waals surface area contributed by atoms with Gasteiger partial charge < -0.3 is 24.2 Å². The number of amides is 1. The van der Waals surface area contributed by atoms with E-state index in [2.05, 4.69) is 0 Å². The Hall–Kier alpha value is -3.79. The molecule has 2 aromatic carbocycles. The minimum atomic E-state index is -0.434. The minimum Gasteiger partial charge on any atom is -0.493 e. The Labute approximate surface area is 201 Å². The van der Waals surface area contributed by atoms with Crippen molar-refractivity contribution in [2.24, 2.45) is 0 Å². The molecule has 3 aromatic rings. The summed E-state index contributed by atoms with van der Waals surface area (Å²) < 4.78 is 19.1. The van der Waals surface area contributed by atoms with Gasteiger partial charge >= 0.3 is 5.69 Å². The van der Waals surface area contributed by atoms with Crippen LogP contribution in [-0.4, -0.2) is 66.1 Å². The molecule has 35 heavy (non-hydrogen) atoms. The number of fused-ring (bicyclic) bond motifs is 1. The van der Waals surface area contributed by atoms with Gasteiger partial charge in [0.05, 0.1) is 38.3 Å². The number of hydrogen-bond acceptors (Lipinski definition) is 7. The first kappa shape index (κ1) is 24.3. The number of carbonyl (C=O) groups is 1. The van der Waals surface area contributed by atoms with E-state index in [-0.39, 0.29) is 25.8 Å². The van der Waals surface area contributed by atoms with Crippen LogP contribution in [0.2, 0.25) is 0 Å². The average molecular weight is 484 g/mol. The summed E-state index contributed by atoms with van der Waals surface area (Å²) in [5.41, 5.74) is 0.377. The van der Waals surface area contributed by atoms with E-state index in [1.807, 2.05) is 0 Å². The molecule has 186 valence electrons. The van der Waals surface area contributed by atoms with E-state index in [0.29, 0.717) is 59.6 Å². The monoisotopic (exact) mass is 483 g/mol. The smallest absolute Gasteiger partial charge is 0.332 e. The Morgan fingerprint density at radius 3 is 2.43 bits per heavy atom. The first-order valence-electron chi connectivity index (χ1n) is 11.4. The number of rotatable bonds is 9. The molecular weight excluding hydrogens is 454 g/mol. The molecule has 1 amide bonds. The van der Waals surface area contributed by atoms with Crippen LogP contribution in [0.15, 0.2) is 46.0 Å². The lowest BCUT2D eigenvalue weighted by molar-refractivity contribution is -0.119. The number of nitrogens with zero attached hydrogens (tertiary/aromatic N) is 3. The largest absolute Gasteiger partial charge is 0.493 e. The van der Waals surface area contributed by atoms with Crippen molar-refractivity contribution in [1.29, 1.82) is 0 Å². The summed E-state index contributed by atoms with van der Waals surface area (Å²) in [6.07, 6.45) is 2.02. The number of aromatic nitrogens is 2. The van der Waals surface area contributed by atoms with Gasteiger partial charge in [0, 0.05) is 19.1 Å². The maximum Gasteiger partial charge on any atom is 0.332 e. The topological polar surface area (TPSA) is 112 Å². The third kappa shape index (κ3) is 4.88. The zero-order valence-corrected chi connectivity index (χ0v) is 19.8. The van der Waals surface area contributed by atoms with Gasteiger partial charge in [-0.05, 0) is 48.7 Å². The maximum atomic E-state index is 13.7. The SMILES string of the molecule is COc1ccc(Cn2c(=O)c3cc(OCCO)ccc3n(C3CCN(C=O)CC3)c2=O)cc1OC. The fourth-order valence-electron chi connectivity index (χ4n) is 4.52. The van der Waals surface area contributed by atoms with Crippen LogP contribution < -0.4 is 25.5 Å². The molecule has 2 heterocycles. The van der Waals surface area contributed by atoms with Gasteiger partial charge in [0.25, 0.3) is 5.56 Å². The van der Waals surface area contributed by atoms with Gasteiger partial charge in [-0.3, -0.25) is 18.7 Å². The fourth-order valence-corrected chi connectivity index (χ4v) is 4.52. The first-order chi connectivity index (χ1) is 17.0. The van der Waals surface area contributed by atoms with Gasteiger partial charge in [-0.1, -0.05) is 6.07 Å². The Kier molecular flexibility index (Phi) is 7.40. The molecule has 1 saturated heterocycles. The van der Waals surface area contributed by atoms with Crippen LogP contribution in [0.3, 0.4) is 0 Å². The Bertz CT molecular complexity index is 1320. The summed E-state index contributed by atoms with van der Waals surface area (Å²) in [5, 5.41) is 9.44. The van der Waals surface area contributed by atoms with Crippen molar-refractivity contribution in [1.82, 2.24) is 14.0 Å². The molecule has 0 saturated carbocycles. The van der Waals surface area contributed by atoms with Crippen molar-refractivity contribution in [3.05, 3.63) is 62.8 Å². The second-order valence-corrected chi connectivity index (χ2v) is 8.36. The highest BCUT2D eigenvalue weighted by atomic mass is 16.5. The van der Waals surface area contributed by atoms with Crippen LogP contribution in [0.25, 0.3) is 10.9 Å². The van der Waals surface area contributed by atoms with Crippen molar-refractivity contribution in [2.75, 3.05) is 40.5 Å². The number of hydrogen-bond donors (Lipinski definition) is 1. The van der Waals surface area contributed by atoms with E-state index in [1.54, 1.807) is 45.9 Å². The van der Waals surface area contributed by atoms with Gasteiger partial charge in [-0.2, -0.15) is 0 Å². The quantitative estimate of drug-likeness (QED) is 0.458. The molecule has 0 aliphatic carbocycles. The summed E-state index contributed by atoms with van der Waals surface area (Å²) >= 11 is 0. The van der Waals surface area contributed by atoms with Crippen molar-refractivity contribution in [3.63, 3.8) is 0 Å². The molecule has 1 aliphatic rings. The van der Waals surface area contributed by atoms with Crippen molar-refractivity contribution in [2.45, 2.75) is 25.4 Å². The van der Waals surface area contributed by atoms with Gasteiger partial charge in [0.2, 0.25) is 6.41 Å². The lowest BCUT2D eigenvalue weighted by Crippen LogP contribution is -2.44. The van der Waals surface area contributed by atoms with E-state index in [1.165, 1.54) is 18.8 Å². The highest BCUT2D eigenvalue weighted by molar-refractivity contribution is 5.80. The molecule has 0 unspecified atom stereocenters. The fraction of sp³-hybridized carbons (Fsp3) is 0.400. The molecule has 0 atom stereocenters.